The molecular formula is C16H12BrCl4N3OS. The highest BCUT2D eigenvalue weighted by Gasteiger charge is 2.35. The Morgan fingerprint density at radius 3 is 2.23 bits per heavy atom. The van der Waals surface area contributed by atoms with Crippen molar-refractivity contribution in [2.24, 2.45) is 0 Å². The van der Waals surface area contributed by atoms with E-state index in [0.717, 1.165) is 10.2 Å². The van der Waals surface area contributed by atoms with Crippen molar-refractivity contribution in [3.8, 4) is 0 Å². The smallest absolute Gasteiger partial charge is 0.252 e. The molecule has 3 N–H and O–H groups in total. The fraction of sp³-hybridized carbons (Fsp3) is 0.125. The molecule has 0 heterocycles. The molecule has 10 heteroatoms. The first-order valence-corrected chi connectivity index (χ1v) is 9.83. The molecule has 2 rings (SSSR count). The first-order valence-electron chi connectivity index (χ1n) is 7.12. The molecule has 0 saturated heterocycles. The van der Waals surface area contributed by atoms with Crippen LogP contribution in [0, 0.1) is 0 Å². The van der Waals surface area contributed by atoms with Gasteiger partial charge in [-0.15, -0.1) is 0 Å². The second-order valence-corrected chi connectivity index (χ2v) is 9.10. The lowest BCUT2D eigenvalue weighted by atomic mass is 10.2. The van der Waals surface area contributed by atoms with E-state index in [1.807, 2.05) is 24.3 Å². The highest BCUT2D eigenvalue weighted by Crippen LogP contribution is 2.29. The molecule has 0 fully saturated rings. The number of thiocarbonyl (C=S) groups is 1. The van der Waals surface area contributed by atoms with Crippen molar-refractivity contribution in [2.45, 2.75) is 9.96 Å². The van der Waals surface area contributed by atoms with Gasteiger partial charge in [0.05, 0.1) is 5.69 Å². The maximum Gasteiger partial charge on any atom is 0.252 e. The average Bonchev–Trinajstić information content (AvgIpc) is 2.56. The van der Waals surface area contributed by atoms with Crippen LogP contribution in [0.4, 0.5) is 5.69 Å². The van der Waals surface area contributed by atoms with Crippen molar-refractivity contribution >= 4 is 91.3 Å². The summed E-state index contributed by atoms with van der Waals surface area (Å²) >= 11 is 32.4. The number of benzene rings is 2. The molecule has 0 aliphatic carbocycles. The lowest BCUT2D eigenvalue weighted by Gasteiger charge is -2.28. The molecule has 2 aromatic rings. The number of carbonyl (C=O) groups is 1. The van der Waals surface area contributed by atoms with E-state index in [1.54, 1.807) is 24.3 Å². The molecule has 0 radical (unpaired) electrons. The molecule has 138 valence electrons. The monoisotopic (exact) mass is 513 g/mol. The van der Waals surface area contributed by atoms with E-state index in [0.29, 0.717) is 10.6 Å². The fourth-order valence-corrected chi connectivity index (χ4v) is 2.93. The van der Waals surface area contributed by atoms with E-state index in [1.165, 1.54) is 0 Å². The Morgan fingerprint density at radius 2 is 1.65 bits per heavy atom. The van der Waals surface area contributed by atoms with E-state index < -0.39 is 15.9 Å². The highest BCUT2D eigenvalue weighted by molar-refractivity contribution is 9.10. The predicted molar refractivity (Wildman–Crippen MR) is 116 cm³/mol. The average molecular weight is 516 g/mol. The zero-order chi connectivity index (χ0) is 19.3. The number of para-hydroxylation sites is 1. The van der Waals surface area contributed by atoms with E-state index in [-0.39, 0.29) is 5.11 Å². The van der Waals surface area contributed by atoms with Gasteiger partial charge in [0.2, 0.25) is 3.79 Å². The van der Waals surface area contributed by atoms with Gasteiger partial charge in [0.15, 0.2) is 5.11 Å². The third kappa shape index (κ3) is 6.44. The Kier molecular flexibility index (Phi) is 7.82. The van der Waals surface area contributed by atoms with Crippen molar-refractivity contribution in [1.82, 2.24) is 10.6 Å². The number of carbonyl (C=O) groups excluding carboxylic acids is 1. The molecular weight excluding hydrogens is 504 g/mol. The largest absolute Gasteiger partial charge is 0.339 e. The summed E-state index contributed by atoms with van der Waals surface area (Å²) in [7, 11) is 0. The molecule has 1 atom stereocenters. The summed E-state index contributed by atoms with van der Waals surface area (Å²) in [6.45, 7) is 0. The number of anilines is 1. The quantitative estimate of drug-likeness (QED) is 0.285. The summed E-state index contributed by atoms with van der Waals surface area (Å²) < 4.78 is -1.04. The van der Waals surface area contributed by atoms with Crippen LogP contribution in [-0.2, 0) is 0 Å². The number of amides is 1. The molecule has 0 aliphatic rings. The maximum atomic E-state index is 12.4. The van der Waals surface area contributed by atoms with E-state index >= 15 is 0 Å². The van der Waals surface area contributed by atoms with Gasteiger partial charge in [-0.3, -0.25) is 4.79 Å². The number of hydrogen-bond donors (Lipinski definition) is 3. The van der Waals surface area contributed by atoms with Crippen LogP contribution in [0.1, 0.15) is 10.4 Å². The number of alkyl halides is 3. The first kappa shape index (κ1) is 21.5. The van der Waals surface area contributed by atoms with Gasteiger partial charge < -0.3 is 16.0 Å². The van der Waals surface area contributed by atoms with Crippen LogP contribution in [0.3, 0.4) is 0 Å². The molecule has 4 nitrogen and oxygen atoms in total. The number of rotatable bonds is 4. The topological polar surface area (TPSA) is 53.2 Å². The van der Waals surface area contributed by atoms with Crippen LogP contribution in [0.25, 0.3) is 0 Å². The normalized spacial score (nSPS) is 12.2. The third-order valence-corrected chi connectivity index (χ3v) is 4.92. The summed E-state index contributed by atoms with van der Waals surface area (Å²) in [5.41, 5.74) is 1.08. The Labute approximate surface area is 184 Å². The van der Waals surface area contributed by atoms with Crippen LogP contribution < -0.4 is 16.0 Å². The third-order valence-electron chi connectivity index (χ3n) is 3.11. The second kappa shape index (κ2) is 9.44. The molecule has 26 heavy (non-hydrogen) atoms. The summed E-state index contributed by atoms with van der Waals surface area (Å²) in [6, 6.07) is 13.7. The molecule has 0 spiro atoms. The summed E-state index contributed by atoms with van der Waals surface area (Å²) in [4.78, 5) is 12.4. The van der Waals surface area contributed by atoms with Crippen LogP contribution in [0.15, 0.2) is 53.0 Å². The molecule has 2 aromatic carbocycles. The van der Waals surface area contributed by atoms with Crippen molar-refractivity contribution < 1.29 is 4.79 Å². The first-order chi connectivity index (χ1) is 12.2. The van der Waals surface area contributed by atoms with Crippen LogP contribution >= 0.6 is 74.6 Å². The Balaban J connectivity index is 2.07. The standard InChI is InChI=1S/C16H12BrCl4N3OS/c17-11-3-1-2-4-12(11)22-15(26)24-14(16(19,20)21)23-13(25)9-5-7-10(18)8-6-9/h1-8,14H,(H,23,25)(H2,22,24,26). The van der Waals surface area contributed by atoms with Crippen molar-refractivity contribution in [2.75, 3.05) is 5.32 Å². The zero-order valence-corrected chi connectivity index (χ0v) is 18.3. The van der Waals surface area contributed by atoms with Gasteiger partial charge in [0.1, 0.15) is 6.17 Å². The Morgan fingerprint density at radius 1 is 1.04 bits per heavy atom. The minimum absolute atomic E-state index is 0.171. The summed E-state index contributed by atoms with van der Waals surface area (Å²) in [5.74, 6) is -0.450. The van der Waals surface area contributed by atoms with Crippen LogP contribution in [0.5, 0.6) is 0 Å². The van der Waals surface area contributed by atoms with Gasteiger partial charge in [-0.25, -0.2) is 0 Å². The zero-order valence-electron chi connectivity index (χ0n) is 12.9. The SMILES string of the molecule is O=C(NC(NC(=S)Nc1ccccc1Br)C(Cl)(Cl)Cl)c1ccc(Cl)cc1. The van der Waals surface area contributed by atoms with Crippen LogP contribution in [-0.4, -0.2) is 21.0 Å². The highest BCUT2D eigenvalue weighted by atomic mass is 79.9. The van der Waals surface area contributed by atoms with E-state index in [4.69, 9.17) is 58.6 Å². The maximum absolute atomic E-state index is 12.4. The Hall–Kier alpha value is -0.760. The van der Waals surface area contributed by atoms with Crippen molar-refractivity contribution in [3.63, 3.8) is 0 Å². The molecule has 0 bridgehead atoms. The van der Waals surface area contributed by atoms with Gasteiger partial charge in [-0.05, 0) is 64.5 Å². The predicted octanol–water partition coefficient (Wildman–Crippen LogP) is 5.52. The fourth-order valence-electron chi connectivity index (χ4n) is 1.87. The summed E-state index contributed by atoms with van der Waals surface area (Å²) in [5, 5.41) is 9.03. The van der Waals surface area contributed by atoms with E-state index in [2.05, 4.69) is 31.9 Å². The van der Waals surface area contributed by atoms with Crippen LogP contribution in [0.2, 0.25) is 5.02 Å². The second-order valence-electron chi connectivity index (χ2n) is 5.03. The molecule has 0 aromatic heterocycles. The van der Waals surface area contributed by atoms with Crippen molar-refractivity contribution in [1.29, 1.82) is 0 Å². The molecule has 1 unspecified atom stereocenters. The summed E-state index contributed by atoms with van der Waals surface area (Å²) in [6.07, 6.45) is -1.07. The van der Waals surface area contributed by atoms with Gasteiger partial charge in [-0.2, -0.15) is 0 Å². The van der Waals surface area contributed by atoms with Gasteiger partial charge in [0.25, 0.3) is 5.91 Å². The van der Waals surface area contributed by atoms with Gasteiger partial charge >= 0.3 is 0 Å². The molecule has 1 amide bonds. The Bertz CT molecular complexity index is 799. The lowest BCUT2D eigenvalue weighted by Crippen LogP contribution is -2.56. The number of hydrogen-bond acceptors (Lipinski definition) is 2. The van der Waals surface area contributed by atoms with Gasteiger partial charge in [0, 0.05) is 15.1 Å². The number of halogens is 5. The van der Waals surface area contributed by atoms with Gasteiger partial charge in [-0.1, -0.05) is 58.5 Å². The lowest BCUT2D eigenvalue weighted by molar-refractivity contribution is 0.0934. The molecule has 0 saturated carbocycles. The molecule has 0 aliphatic heterocycles. The van der Waals surface area contributed by atoms with Crippen molar-refractivity contribution in [3.05, 3.63) is 63.6 Å². The minimum Gasteiger partial charge on any atom is -0.339 e. The van der Waals surface area contributed by atoms with E-state index in [9.17, 15) is 4.79 Å². The number of nitrogens with one attached hydrogen (secondary N) is 3. The minimum atomic E-state index is -1.85.